The van der Waals surface area contributed by atoms with Gasteiger partial charge in [-0.3, -0.25) is 0 Å². The molecule has 0 saturated heterocycles. The summed E-state index contributed by atoms with van der Waals surface area (Å²) in [4.78, 5) is 7.65. The van der Waals surface area contributed by atoms with Crippen LogP contribution in [0.3, 0.4) is 0 Å². The van der Waals surface area contributed by atoms with E-state index in [1.807, 2.05) is 6.92 Å². The van der Waals surface area contributed by atoms with E-state index in [0.717, 1.165) is 28.8 Å². The number of rotatable bonds is 7. The molecular formula is C16H17F5N4OS. The van der Waals surface area contributed by atoms with E-state index in [-0.39, 0.29) is 30.5 Å². The standard InChI is InChI=1S/C16H17F5N4OS/c1-2-22-15(24-8-14-25-13(9-27-14)16(19,20)21)23-5-6-26-12-4-3-10(17)7-11(12)18/h3-4,7,9H,2,5-6,8H2,1H3,(H2,22,23,24). The van der Waals surface area contributed by atoms with Crippen LogP contribution in [0, 0.1) is 11.6 Å². The number of ether oxygens (including phenoxy) is 1. The maximum Gasteiger partial charge on any atom is 0.434 e. The first-order valence-electron chi connectivity index (χ1n) is 7.91. The number of hydrogen-bond donors (Lipinski definition) is 2. The minimum Gasteiger partial charge on any atom is -0.489 e. The second-order valence-corrected chi connectivity index (χ2v) is 6.11. The fourth-order valence-electron chi connectivity index (χ4n) is 1.92. The van der Waals surface area contributed by atoms with Crippen molar-refractivity contribution in [3.63, 3.8) is 0 Å². The second-order valence-electron chi connectivity index (χ2n) is 5.17. The Bertz CT molecular complexity index is 778. The molecule has 0 aliphatic heterocycles. The Morgan fingerprint density at radius 2 is 2.04 bits per heavy atom. The van der Waals surface area contributed by atoms with Crippen molar-refractivity contribution in [2.75, 3.05) is 19.7 Å². The van der Waals surface area contributed by atoms with E-state index in [2.05, 4.69) is 20.6 Å². The number of halogens is 5. The molecule has 0 amide bonds. The first-order chi connectivity index (χ1) is 12.8. The fraction of sp³-hybridized carbons (Fsp3) is 0.375. The first kappa shape index (κ1) is 20.9. The highest BCUT2D eigenvalue weighted by molar-refractivity contribution is 7.09. The number of nitrogens with zero attached hydrogens (tertiary/aromatic N) is 2. The Hall–Kier alpha value is -2.43. The van der Waals surface area contributed by atoms with Crippen molar-refractivity contribution in [3.8, 4) is 5.75 Å². The van der Waals surface area contributed by atoms with Gasteiger partial charge in [-0.2, -0.15) is 13.2 Å². The van der Waals surface area contributed by atoms with Crippen molar-refractivity contribution >= 4 is 17.3 Å². The zero-order valence-electron chi connectivity index (χ0n) is 14.2. The Kier molecular flexibility index (Phi) is 7.34. The molecule has 27 heavy (non-hydrogen) atoms. The SMILES string of the molecule is CCNC(=NCc1nc(C(F)(F)F)cs1)NCCOc1ccc(F)cc1F. The van der Waals surface area contributed by atoms with Crippen molar-refractivity contribution in [1.82, 2.24) is 15.6 Å². The van der Waals surface area contributed by atoms with Gasteiger partial charge in [0.05, 0.1) is 13.1 Å². The molecule has 2 aromatic rings. The summed E-state index contributed by atoms with van der Waals surface area (Å²) < 4.78 is 69.1. The Balaban J connectivity index is 1.85. The largest absolute Gasteiger partial charge is 0.489 e. The van der Waals surface area contributed by atoms with Gasteiger partial charge in [-0.25, -0.2) is 18.8 Å². The average Bonchev–Trinajstić information content (AvgIpc) is 3.07. The third-order valence-corrected chi connectivity index (χ3v) is 3.94. The molecule has 1 heterocycles. The number of nitrogens with one attached hydrogen (secondary N) is 2. The summed E-state index contributed by atoms with van der Waals surface area (Å²) >= 11 is 0.874. The van der Waals surface area contributed by atoms with Crippen molar-refractivity contribution < 1.29 is 26.7 Å². The number of thiazole rings is 1. The molecule has 0 aliphatic rings. The summed E-state index contributed by atoms with van der Waals surface area (Å²) in [6, 6.07) is 2.99. The van der Waals surface area contributed by atoms with Gasteiger partial charge < -0.3 is 15.4 Å². The molecule has 5 nitrogen and oxygen atoms in total. The van der Waals surface area contributed by atoms with Crippen molar-refractivity contribution in [2.24, 2.45) is 4.99 Å². The van der Waals surface area contributed by atoms with E-state index in [1.54, 1.807) is 0 Å². The monoisotopic (exact) mass is 408 g/mol. The van der Waals surface area contributed by atoms with Crippen LogP contribution in [0.15, 0.2) is 28.6 Å². The minimum absolute atomic E-state index is 0.0243. The number of benzene rings is 1. The maximum atomic E-state index is 13.4. The Morgan fingerprint density at radius 1 is 1.26 bits per heavy atom. The molecule has 0 unspecified atom stereocenters. The van der Waals surface area contributed by atoms with Crippen LogP contribution in [0.5, 0.6) is 5.75 Å². The molecule has 2 N–H and O–H groups in total. The minimum atomic E-state index is -4.48. The molecule has 0 aliphatic carbocycles. The summed E-state index contributed by atoms with van der Waals surface area (Å²) in [6.07, 6.45) is -4.48. The zero-order chi connectivity index (χ0) is 19.9. The van der Waals surface area contributed by atoms with E-state index >= 15 is 0 Å². The van der Waals surface area contributed by atoms with Gasteiger partial charge in [0, 0.05) is 18.0 Å². The van der Waals surface area contributed by atoms with E-state index in [0.29, 0.717) is 12.5 Å². The van der Waals surface area contributed by atoms with Gasteiger partial charge >= 0.3 is 6.18 Å². The van der Waals surface area contributed by atoms with E-state index in [4.69, 9.17) is 4.74 Å². The summed E-state index contributed by atoms with van der Waals surface area (Å²) in [7, 11) is 0. The van der Waals surface area contributed by atoms with Crippen molar-refractivity contribution in [3.05, 3.63) is 45.9 Å². The van der Waals surface area contributed by atoms with Gasteiger partial charge in [0.2, 0.25) is 0 Å². The van der Waals surface area contributed by atoms with E-state index in [9.17, 15) is 22.0 Å². The molecule has 0 atom stereocenters. The highest BCUT2D eigenvalue weighted by Gasteiger charge is 2.33. The fourth-order valence-corrected chi connectivity index (χ4v) is 2.65. The summed E-state index contributed by atoms with van der Waals surface area (Å²) in [6.45, 7) is 2.65. The second kappa shape index (κ2) is 9.49. The summed E-state index contributed by atoms with van der Waals surface area (Å²) in [5, 5.41) is 6.99. The molecular weight excluding hydrogens is 391 g/mol. The van der Waals surface area contributed by atoms with Crippen LogP contribution >= 0.6 is 11.3 Å². The van der Waals surface area contributed by atoms with Crippen LogP contribution in [0.25, 0.3) is 0 Å². The summed E-state index contributed by atoms with van der Waals surface area (Å²) in [5.41, 5.74) is -0.939. The third-order valence-electron chi connectivity index (χ3n) is 3.10. The van der Waals surface area contributed by atoms with Crippen LogP contribution in [0.2, 0.25) is 0 Å². The highest BCUT2D eigenvalue weighted by atomic mass is 32.1. The van der Waals surface area contributed by atoms with E-state index < -0.39 is 23.5 Å². The molecule has 0 saturated carbocycles. The van der Waals surface area contributed by atoms with Gasteiger partial charge in [-0.15, -0.1) is 11.3 Å². The van der Waals surface area contributed by atoms with Crippen LogP contribution in [-0.4, -0.2) is 30.6 Å². The molecule has 0 spiro atoms. The number of aromatic nitrogens is 1. The molecule has 11 heteroatoms. The lowest BCUT2D eigenvalue weighted by atomic mass is 10.3. The molecule has 1 aromatic carbocycles. The van der Waals surface area contributed by atoms with E-state index in [1.165, 1.54) is 6.07 Å². The number of alkyl halides is 3. The average molecular weight is 408 g/mol. The number of aliphatic imine (C=N–C) groups is 1. The topological polar surface area (TPSA) is 58.5 Å². The van der Waals surface area contributed by atoms with Crippen LogP contribution < -0.4 is 15.4 Å². The quantitative estimate of drug-likeness (QED) is 0.318. The van der Waals surface area contributed by atoms with Crippen molar-refractivity contribution in [2.45, 2.75) is 19.6 Å². The predicted octanol–water partition coefficient (Wildman–Crippen LogP) is 3.57. The first-order valence-corrected chi connectivity index (χ1v) is 8.79. The predicted molar refractivity (Wildman–Crippen MR) is 91.8 cm³/mol. The molecule has 148 valence electrons. The summed E-state index contributed by atoms with van der Waals surface area (Å²) in [5.74, 6) is -1.23. The zero-order valence-corrected chi connectivity index (χ0v) is 15.1. The molecule has 0 bridgehead atoms. The maximum absolute atomic E-state index is 13.4. The molecule has 2 rings (SSSR count). The van der Waals surface area contributed by atoms with Gasteiger partial charge in [0.25, 0.3) is 0 Å². The third kappa shape index (κ3) is 6.66. The van der Waals surface area contributed by atoms with Crippen LogP contribution in [-0.2, 0) is 12.7 Å². The Labute approximate surface area is 156 Å². The number of guanidine groups is 1. The van der Waals surface area contributed by atoms with Crippen LogP contribution in [0.1, 0.15) is 17.6 Å². The van der Waals surface area contributed by atoms with Gasteiger partial charge in [-0.05, 0) is 19.1 Å². The van der Waals surface area contributed by atoms with Gasteiger partial charge in [0.1, 0.15) is 17.4 Å². The lowest BCUT2D eigenvalue weighted by molar-refractivity contribution is -0.140. The van der Waals surface area contributed by atoms with Gasteiger partial charge in [0.15, 0.2) is 23.2 Å². The molecule has 0 radical (unpaired) electrons. The molecule has 1 aromatic heterocycles. The smallest absolute Gasteiger partial charge is 0.434 e. The lowest BCUT2D eigenvalue weighted by Crippen LogP contribution is -2.39. The molecule has 0 fully saturated rings. The number of hydrogen-bond acceptors (Lipinski definition) is 4. The van der Waals surface area contributed by atoms with Crippen molar-refractivity contribution in [1.29, 1.82) is 0 Å². The lowest BCUT2D eigenvalue weighted by Gasteiger charge is -2.12. The highest BCUT2D eigenvalue weighted by Crippen LogP contribution is 2.30. The Morgan fingerprint density at radius 3 is 2.67 bits per heavy atom. The van der Waals surface area contributed by atoms with Gasteiger partial charge in [-0.1, -0.05) is 0 Å². The van der Waals surface area contributed by atoms with Crippen LogP contribution in [0.4, 0.5) is 22.0 Å². The normalized spacial score (nSPS) is 12.1.